The molecule has 1 heterocycles. The number of benzene rings is 1. The van der Waals surface area contributed by atoms with Crippen LogP contribution in [0.5, 0.6) is 0 Å². The SMILES string of the molecule is CCc1cccc(NC(=O)c2ccc([N+](=O)[O-])s2)c1. The quantitative estimate of drug-likeness (QED) is 0.686. The molecule has 1 N–H and O–H groups in total. The van der Waals surface area contributed by atoms with Crippen LogP contribution in [0.2, 0.25) is 0 Å². The van der Waals surface area contributed by atoms with E-state index in [1.807, 2.05) is 25.1 Å². The predicted octanol–water partition coefficient (Wildman–Crippen LogP) is 3.47. The normalized spacial score (nSPS) is 10.2. The van der Waals surface area contributed by atoms with Crippen LogP contribution in [0, 0.1) is 10.1 Å². The van der Waals surface area contributed by atoms with Crippen LogP contribution in [0.15, 0.2) is 36.4 Å². The fourth-order valence-electron chi connectivity index (χ4n) is 1.61. The van der Waals surface area contributed by atoms with Crippen molar-refractivity contribution in [2.75, 3.05) is 5.32 Å². The summed E-state index contributed by atoms with van der Waals surface area (Å²) in [5.74, 6) is -0.327. The third kappa shape index (κ3) is 3.17. The molecule has 5 nitrogen and oxygen atoms in total. The molecule has 0 aliphatic rings. The number of rotatable bonds is 4. The fourth-order valence-corrected chi connectivity index (χ4v) is 2.33. The Balaban J connectivity index is 2.13. The van der Waals surface area contributed by atoms with Gasteiger partial charge in [-0.1, -0.05) is 30.4 Å². The molecule has 19 heavy (non-hydrogen) atoms. The molecule has 1 aromatic heterocycles. The minimum absolute atomic E-state index is 0.0348. The maximum atomic E-state index is 11.9. The van der Waals surface area contributed by atoms with Gasteiger partial charge in [0.2, 0.25) is 0 Å². The van der Waals surface area contributed by atoms with Crippen molar-refractivity contribution in [3.63, 3.8) is 0 Å². The molecular formula is C13H12N2O3S. The van der Waals surface area contributed by atoms with Gasteiger partial charge in [-0.05, 0) is 30.2 Å². The number of amides is 1. The van der Waals surface area contributed by atoms with Gasteiger partial charge in [0.05, 0.1) is 9.80 Å². The summed E-state index contributed by atoms with van der Waals surface area (Å²) in [4.78, 5) is 22.3. The van der Waals surface area contributed by atoms with Crippen molar-refractivity contribution in [2.24, 2.45) is 0 Å². The summed E-state index contributed by atoms with van der Waals surface area (Å²) in [6.07, 6.45) is 0.883. The number of nitrogens with zero attached hydrogens (tertiary/aromatic N) is 1. The van der Waals surface area contributed by atoms with Crippen LogP contribution in [0.3, 0.4) is 0 Å². The molecule has 1 amide bonds. The van der Waals surface area contributed by atoms with E-state index in [4.69, 9.17) is 0 Å². The van der Waals surface area contributed by atoms with Crippen LogP contribution in [0.25, 0.3) is 0 Å². The zero-order valence-electron chi connectivity index (χ0n) is 10.3. The zero-order chi connectivity index (χ0) is 13.8. The summed E-state index contributed by atoms with van der Waals surface area (Å²) in [6.45, 7) is 2.03. The second-order valence-corrected chi connectivity index (χ2v) is 4.97. The largest absolute Gasteiger partial charge is 0.324 e. The van der Waals surface area contributed by atoms with Gasteiger partial charge in [-0.15, -0.1) is 0 Å². The van der Waals surface area contributed by atoms with Gasteiger partial charge in [0.25, 0.3) is 5.91 Å². The third-order valence-corrected chi connectivity index (χ3v) is 3.62. The Kier molecular flexibility index (Phi) is 3.91. The fraction of sp³-hybridized carbons (Fsp3) is 0.154. The molecule has 0 aliphatic heterocycles. The van der Waals surface area contributed by atoms with Gasteiger partial charge in [-0.2, -0.15) is 0 Å². The van der Waals surface area contributed by atoms with Crippen molar-refractivity contribution >= 4 is 27.9 Å². The van der Waals surface area contributed by atoms with Crippen LogP contribution in [-0.2, 0) is 6.42 Å². The number of hydrogen-bond acceptors (Lipinski definition) is 4. The highest BCUT2D eigenvalue weighted by atomic mass is 32.1. The second kappa shape index (κ2) is 5.62. The number of carbonyl (C=O) groups excluding carboxylic acids is 1. The van der Waals surface area contributed by atoms with Crippen molar-refractivity contribution in [1.82, 2.24) is 0 Å². The van der Waals surface area contributed by atoms with Gasteiger partial charge in [-0.3, -0.25) is 14.9 Å². The molecule has 6 heteroatoms. The molecule has 0 aliphatic carbocycles. The van der Waals surface area contributed by atoms with Crippen molar-refractivity contribution in [1.29, 1.82) is 0 Å². The predicted molar refractivity (Wildman–Crippen MR) is 74.7 cm³/mol. The Bertz CT molecular complexity index is 622. The van der Waals surface area contributed by atoms with Gasteiger partial charge in [0.15, 0.2) is 0 Å². The first-order valence-corrected chi connectivity index (χ1v) is 6.56. The van der Waals surface area contributed by atoms with Crippen molar-refractivity contribution in [3.8, 4) is 0 Å². The molecule has 0 saturated heterocycles. The number of nitro groups is 1. The molecule has 1 aromatic carbocycles. The van der Waals surface area contributed by atoms with E-state index in [1.54, 1.807) is 6.07 Å². The molecule has 0 unspecified atom stereocenters. The monoisotopic (exact) mass is 276 g/mol. The first-order chi connectivity index (χ1) is 9.10. The Morgan fingerprint density at radius 2 is 2.16 bits per heavy atom. The Labute approximate surface area is 114 Å². The molecule has 0 fully saturated rings. The smallest absolute Gasteiger partial charge is 0.321 e. The number of nitrogens with one attached hydrogen (secondary N) is 1. The average molecular weight is 276 g/mol. The van der Waals surface area contributed by atoms with Crippen molar-refractivity contribution in [3.05, 3.63) is 57.0 Å². The van der Waals surface area contributed by atoms with Crippen LogP contribution in [0.4, 0.5) is 10.7 Å². The van der Waals surface area contributed by atoms with Crippen LogP contribution in [-0.4, -0.2) is 10.8 Å². The van der Waals surface area contributed by atoms with E-state index < -0.39 is 4.92 Å². The van der Waals surface area contributed by atoms with E-state index in [9.17, 15) is 14.9 Å². The highest BCUT2D eigenvalue weighted by Crippen LogP contribution is 2.24. The number of thiophene rings is 1. The lowest BCUT2D eigenvalue weighted by Gasteiger charge is -2.04. The minimum Gasteiger partial charge on any atom is -0.321 e. The lowest BCUT2D eigenvalue weighted by molar-refractivity contribution is -0.380. The summed E-state index contributed by atoms with van der Waals surface area (Å²) < 4.78 is 0. The summed E-state index contributed by atoms with van der Waals surface area (Å²) >= 11 is 0.867. The van der Waals surface area contributed by atoms with E-state index in [2.05, 4.69) is 5.32 Å². The molecule has 0 radical (unpaired) electrons. The Morgan fingerprint density at radius 3 is 2.79 bits per heavy atom. The lowest BCUT2D eigenvalue weighted by atomic mass is 10.1. The summed E-state index contributed by atoms with van der Waals surface area (Å²) in [6, 6.07) is 10.3. The molecular weight excluding hydrogens is 264 g/mol. The summed E-state index contributed by atoms with van der Waals surface area (Å²) in [5.41, 5.74) is 1.82. The van der Waals surface area contributed by atoms with Crippen molar-refractivity contribution in [2.45, 2.75) is 13.3 Å². The maximum Gasteiger partial charge on any atom is 0.324 e. The molecule has 0 bridgehead atoms. The van der Waals surface area contributed by atoms with Crippen LogP contribution >= 0.6 is 11.3 Å². The Hall–Kier alpha value is -2.21. The molecule has 0 spiro atoms. The first-order valence-electron chi connectivity index (χ1n) is 5.74. The lowest BCUT2D eigenvalue weighted by Crippen LogP contribution is -2.10. The van der Waals surface area contributed by atoms with Gasteiger partial charge in [0, 0.05) is 11.8 Å². The Morgan fingerprint density at radius 1 is 1.37 bits per heavy atom. The van der Waals surface area contributed by atoms with Crippen molar-refractivity contribution < 1.29 is 9.72 Å². The maximum absolute atomic E-state index is 11.9. The molecule has 2 aromatic rings. The van der Waals surface area contributed by atoms with Gasteiger partial charge in [-0.25, -0.2) is 0 Å². The number of hydrogen-bond donors (Lipinski definition) is 1. The number of anilines is 1. The number of carbonyl (C=O) groups is 1. The van der Waals surface area contributed by atoms with Gasteiger partial charge >= 0.3 is 5.00 Å². The van der Waals surface area contributed by atoms with E-state index in [0.29, 0.717) is 10.6 Å². The van der Waals surface area contributed by atoms with Crippen LogP contribution < -0.4 is 5.32 Å². The molecule has 2 rings (SSSR count). The molecule has 0 saturated carbocycles. The average Bonchev–Trinajstić information content (AvgIpc) is 2.89. The van der Waals surface area contributed by atoms with Gasteiger partial charge in [0.1, 0.15) is 0 Å². The number of aryl methyl sites for hydroxylation is 1. The van der Waals surface area contributed by atoms with Crippen LogP contribution in [0.1, 0.15) is 22.2 Å². The summed E-state index contributed by atoms with van der Waals surface area (Å²) in [7, 11) is 0. The highest BCUT2D eigenvalue weighted by molar-refractivity contribution is 7.17. The van der Waals surface area contributed by atoms with E-state index in [0.717, 1.165) is 23.3 Å². The summed E-state index contributed by atoms with van der Waals surface area (Å²) in [5, 5.41) is 13.3. The molecule has 0 atom stereocenters. The van der Waals surface area contributed by atoms with E-state index in [1.165, 1.54) is 12.1 Å². The van der Waals surface area contributed by atoms with Gasteiger partial charge < -0.3 is 5.32 Å². The van der Waals surface area contributed by atoms with E-state index in [-0.39, 0.29) is 10.9 Å². The first kappa shape index (κ1) is 13.2. The zero-order valence-corrected chi connectivity index (χ0v) is 11.1. The third-order valence-electron chi connectivity index (χ3n) is 2.59. The topological polar surface area (TPSA) is 72.2 Å². The highest BCUT2D eigenvalue weighted by Gasteiger charge is 2.15. The second-order valence-electron chi connectivity index (χ2n) is 3.90. The minimum atomic E-state index is -0.501. The standard InChI is InChI=1S/C13H12N2O3S/c1-2-9-4-3-5-10(8-9)14-13(16)11-6-7-12(19-11)15(17)18/h3-8H,2H2,1H3,(H,14,16). The van der Waals surface area contributed by atoms with E-state index >= 15 is 0 Å². The molecule has 98 valence electrons.